The number of carbonyl (C=O) groups excluding carboxylic acids is 1. The van der Waals surface area contributed by atoms with Crippen LogP contribution in [0.2, 0.25) is 0 Å². The van der Waals surface area contributed by atoms with E-state index in [0.29, 0.717) is 17.5 Å². The minimum atomic E-state index is 0.0638. The molecule has 1 aliphatic heterocycles. The van der Waals surface area contributed by atoms with Crippen molar-refractivity contribution in [3.63, 3.8) is 0 Å². The molecule has 1 saturated carbocycles. The Morgan fingerprint density at radius 3 is 3.04 bits per heavy atom. The molecule has 2 aromatic heterocycles. The number of amides is 1. The normalized spacial score (nSPS) is 25.9. The third kappa shape index (κ3) is 2.71. The summed E-state index contributed by atoms with van der Waals surface area (Å²) in [4.78, 5) is 19.0. The summed E-state index contributed by atoms with van der Waals surface area (Å²) in [7, 11) is 0. The number of hydrogen-bond donors (Lipinski definition) is 0. The van der Waals surface area contributed by atoms with E-state index in [0.717, 1.165) is 39.0 Å². The zero-order chi connectivity index (χ0) is 16.6. The van der Waals surface area contributed by atoms with E-state index < -0.39 is 0 Å². The minimum absolute atomic E-state index is 0.0638. The zero-order valence-electron chi connectivity index (χ0n) is 13.9. The fraction of sp³-hybridized carbons (Fsp3) is 0.500. The van der Waals surface area contributed by atoms with Crippen LogP contribution in [-0.4, -0.2) is 51.4 Å². The average molecular weight is 326 g/mol. The van der Waals surface area contributed by atoms with Crippen LogP contribution < -0.4 is 0 Å². The van der Waals surface area contributed by atoms with Crippen molar-refractivity contribution in [2.75, 3.05) is 19.7 Å². The summed E-state index contributed by atoms with van der Waals surface area (Å²) in [5, 5.41) is 4.27. The van der Waals surface area contributed by atoms with E-state index in [2.05, 4.69) is 10.1 Å². The Labute approximate surface area is 141 Å². The van der Waals surface area contributed by atoms with Crippen molar-refractivity contribution in [1.29, 1.82) is 0 Å². The molecule has 6 heteroatoms. The van der Waals surface area contributed by atoms with Crippen molar-refractivity contribution in [2.24, 2.45) is 5.41 Å². The number of hydrogen-bond acceptors (Lipinski definition) is 4. The molecule has 0 radical (unpaired) electrons. The lowest BCUT2D eigenvalue weighted by atomic mass is 9.66. The lowest BCUT2D eigenvalue weighted by Crippen LogP contribution is -2.45. The van der Waals surface area contributed by atoms with Crippen molar-refractivity contribution in [3.8, 4) is 5.82 Å². The molecule has 1 saturated heterocycles. The molecule has 2 aromatic rings. The lowest BCUT2D eigenvalue weighted by molar-refractivity contribution is -0.0707. The van der Waals surface area contributed by atoms with Gasteiger partial charge in [-0.1, -0.05) is 6.07 Å². The van der Waals surface area contributed by atoms with E-state index in [1.165, 1.54) is 0 Å². The van der Waals surface area contributed by atoms with Crippen molar-refractivity contribution >= 4 is 5.91 Å². The van der Waals surface area contributed by atoms with Crippen LogP contribution in [0.3, 0.4) is 0 Å². The van der Waals surface area contributed by atoms with Crippen LogP contribution in [0.5, 0.6) is 0 Å². The first-order valence-corrected chi connectivity index (χ1v) is 8.56. The van der Waals surface area contributed by atoms with Crippen molar-refractivity contribution in [3.05, 3.63) is 42.4 Å². The van der Waals surface area contributed by atoms with Crippen LogP contribution in [0.25, 0.3) is 5.82 Å². The van der Waals surface area contributed by atoms with Crippen molar-refractivity contribution < 1.29 is 9.53 Å². The molecule has 0 atom stereocenters. The van der Waals surface area contributed by atoms with Gasteiger partial charge in [0.25, 0.3) is 5.91 Å². The second-order valence-electron chi connectivity index (χ2n) is 6.82. The van der Waals surface area contributed by atoms with Gasteiger partial charge in [0.2, 0.25) is 0 Å². The molecule has 0 bridgehead atoms. The van der Waals surface area contributed by atoms with Gasteiger partial charge < -0.3 is 9.64 Å². The molecule has 4 rings (SSSR count). The number of carbonyl (C=O) groups is 1. The molecule has 0 N–H and O–H groups in total. The maximum atomic E-state index is 12.7. The fourth-order valence-electron chi connectivity index (χ4n) is 3.93. The third-order valence-electron chi connectivity index (χ3n) is 5.16. The molecule has 2 fully saturated rings. The predicted molar refractivity (Wildman–Crippen MR) is 89.0 cm³/mol. The molecule has 0 aromatic carbocycles. The Morgan fingerprint density at radius 1 is 1.42 bits per heavy atom. The third-order valence-corrected chi connectivity index (χ3v) is 5.16. The maximum absolute atomic E-state index is 12.7. The summed E-state index contributed by atoms with van der Waals surface area (Å²) < 4.78 is 7.32. The van der Waals surface area contributed by atoms with Crippen LogP contribution in [0.1, 0.15) is 36.5 Å². The highest BCUT2D eigenvalue weighted by Crippen LogP contribution is 2.49. The first-order valence-electron chi connectivity index (χ1n) is 8.56. The van der Waals surface area contributed by atoms with E-state index in [1.807, 2.05) is 30.0 Å². The van der Waals surface area contributed by atoms with Crippen LogP contribution in [0.15, 0.2) is 36.8 Å². The Bertz CT molecular complexity index is 722. The summed E-state index contributed by atoms with van der Waals surface area (Å²) in [6.45, 7) is 4.47. The summed E-state index contributed by atoms with van der Waals surface area (Å²) in [6.07, 6.45) is 8.74. The summed E-state index contributed by atoms with van der Waals surface area (Å²) in [5.74, 6) is 0.780. The maximum Gasteiger partial charge on any atom is 0.257 e. The number of likely N-dealkylation sites (tertiary alicyclic amines) is 1. The number of pyridine rings is 1. The molecule has 1 amide bonds. The van der Waals surface area contributed by atoms with Crippen molar-refractivity contribution in [1.82, 2.24) is 19.7 Å². The van der Waals surface area contributed by atoms with E-state index in [-0.39, 0.29) is 11.3 Å². The largest absolute Gasteiger partial charge is 0.378 e. The summed E-state index contributed by atoms with van der Waals surface area (Å²) >= 11 is 0. The Hall–Kier alpha value is -2.21. The fourth-order valence-corrected chi connectivity index (χ4v) is 3.93. The Morgan fingerprint density at radius 2 is 2.29 bits per heavy atom. The SMILES string of the molecule is CCOC1CC2(CCN(C(=O)c3cnn(-c4ccccn4)c3)C2)C1. The minimum Gasteiger partial charge on any atom is -0.378 e. The van der Waals surface area contributed by atoms with Gasteiger partial charge in [-0.2, -0.15) is 5.10 Å². The second kappa shape index (κ2) is 6.02. The Kier molecular flexibility index (Phi) is 3.84. The van der Waals surface area contributed by atoms with Crippen LogP contribution in [-0.2, 0) is 4.74 Å². The number of ether oxygens (including phenoxy) is 1. The monoisotopic (exact) mass is 326 g/mol. The molecule has 2 aliphatic rings. The quantitative estimate of drug-likeness (QED) is 0.865. The van der Waals surface area contributed by atoms with E-state index >= 15 is 0 Å². The van der Waals surface area contributed by atoms with Gasteiger partial charge in [0.05, 0.1) is 17.9 Å². The average Bonchev–Trinajstić information content (AvgIpc) is 3.23. The van der Waals surface area contributed by atoms with E-state index in [4.69, 9.17) is 4.74 Å². The van der Waals surface area contributed by atoms with Gasteiger partial charge in [-0.3, -0.25) is 4.79 Å². The highest BCUT2D eigenvalue weighted by atomic mass is 16.5. The van der Waals surface area contributed by atoms with Gasteiger partial charge in [-0.15, -0.1) is 0 Å². The van der Waals surface area contributed by atoms with Gasteiger partial charge in [-0.05, 0) is 43.7 Å². The first kappa shape index (κ1) is 15.3. The van der Waals surface area contributed by atoms with E-state index in [9.17, 15) is 4.79 Å². The van der Waals surface area contributed by atoms with Gasteiger partial charge in [0, 0.05) is 32.1 Å². The molecule has 24 heavy (non-hydrogen) atoms. The number of aromatic nitrogens is 3. The molecular formula is C18H22N4O2. The van der Waals surface area contributed by atoms with Gasteiger partial charge in [0.1, 0.15) is 0 Å². The standard InChI is InChI=1S/C18H22N4O2/c1-2-24-15-9-18(10-15)6-8-21(13-18)17(23)14-11-20-22(12-14)16-5-3-4-7-19-16/h3-5,7,11-12,15H,2,6,8-10,13H2,1H3. The lowest BCUT2D eigenvalue weighted by Gasteiger charge is -2.44. The van der Waals surface area contributed by atoms with Crippen LogP contribution in [0.4, 0.5) is 0 Å². The molecule has 0 unspecified atom stereocenters. The van der Waals surface area contributed by atoms with Gasteiger partial charge in [0.15, 0.2) is 5.82 Å². The zero-order valence-corrected chi connectivity index (χ0v) is 13.9. The van der Waals surface area contributed by atoms with E-state index in [1.54, 1.807) is 23.3 Å². The molecule has 6 nitrogen and oxygen atoms in total. The summed E-state index contributed by atoms with van der Waals surface area (Å²) in [6, 6.07) is 5.63. The smallest absolute Gasteiger partial charge is 0.257 e. The highest BCUT2D eigenvalue weighted by molar-refractivity contribution is 5.94. The molecule has 3 heterocycles. The number of rotatable bonds is 4. The van der Waals surface area contributed by atoms with Crippen molar-refractivity contribution in [2.45, 2.75) is 32.3 Å². The topological polar surface area (TPSA) is 60.2 Å². The van der Waals surface area contributed by atoms with Gasteiger partial charge >= 0.3 is 0 Å². The highest BCUT2D eigenvalue weighted by Gasteiger charge is 2.49. The Balaban J connectivity index is 1.41. The second-order valence-corrected chi connectivity index (χ2v) is 6.82. The molecule has 1 aliphatic carbocycles. The molecule has 1 spiro atoms. The summed E-state index contributed by atoms with van der Waals surface area (Å²) in [5.41, 5.74) is 0.908. The first-order chi connectivity index (χ1) is 11.7. The van der Waals surface area contributed by atoms with Gasteiger partial charge in [-0.25, -0.2) is 9.67 Å². The molecule has 126 valence electrons. The van der Waals surface area contributed by atoms with Crippen LogP contribution >= 0.6 is 0 Å². The predicted octanol–water partition coefficient (Wildman–Crippen LogP) is 2.30. The molecular weight excluding hydrogens is 304 g/mol. The number of nitrogens with zero attached hydrogens (tertiary/aromatic N) is 4. The van der Waals surface area contributed by atoms with Crippen LogP contribution in [0, 0.1) is 5.41 Å².